The zero-order chi connectivity index (χ0) is 18.1. The molecule has 0 bridgehead atoms. The summed E-state index contributed by atoms with van der Waals surface area (Å²) in [5.74, 6) is 1.67. The van der Waals surface area contributed by atoms with Gasteiger partial charge >= 0.3 is 0 Å². The summed E-state index contributed by atoms with van der Waals surface area (Å²) in [6.45, 7) is 3.15. The van der Waals surface area contributed by atoms with Gasteiger partial charge in [-0.15, -0.1) is 0 Å². The van der Waals surface area contributed by atoms with E-state index in [1.54, 1.807) is 0 Å². The van der Waals surface area contributed by atoms with E-state index in [4.69, 9.17) is 9.47 Å². The number of rotatable bonds is 2. The van der Waals surface area contributed by atoms with Crippen molar-refractivity contribution in [1.82, 2.24) is 15.1 Å². The minimum atomic E-state index is -0.109. The van der Waals surface area contributed by atoms with Crippen molar-refractivity contribution in [3.8, 4) is 11.5 Å². The predicted octanol–water partition coefficient (Wildman–Crippen LogP) is 0.771. The van der Waals surface area contributed by atoms with Crippen LogP contribution in [0.2, 0.25) is 0 Å². The molecular formula is C19H25N3O4. The number of nitrogens with one attached hydrogen (secondary N) is 1. The largest absolute Gasteiger partial charge is 0.454 e. The summed E-state index contributed by atoms with van der Waals surface area (Å²) in [4.78, 5) is 28.9. The lowest BCUT2D eigenvalue weighted by atomic mass is 9.86. The number of hydrogen-bond donors (Lipinski definition) is 1. The van der Waals surface area contributed by atoms with E-state index < -0.39 is 0 Å². The average Bonchev–Trinajstić information content (AvgIpc) is 3.01. The van der Waals surface area contributed by atoms with E-state index in [1.165, 1.54) is 0 Å². The van der Waals surface area contributed by atoms with Gasteiger partial charge in [0, 0.05) is 38.1 Å². The Kier molecular flexibility index (Phi) is 4.48. The van der Waals surface area contributed by atoms with Crippen molar-refractivity contribution in [3.63, 3.8) is 0 Å². The van der Waals surface area contributed by atoms with Gasteiger partial charge in [-0.2, -0.15) is 0 Å². The molecule has 0 aliphatic carbocycles. The lowest BCUT2D eigenvalue weighted by Crippen LogP contribution is -2.62. The van der Waals surface area contributed by atoms with Gasteiger partial charge < -0.3 is 19.7 Å². The van der Waals surface area contributed by atoms with Gasteiger partial charge in [0.1, 0.15) is 0 Å². The first-order valence-corrected chi connectivity index (χ1v) is 9.20. The van der Waals surface area contributed by atoms with Crippen LogP contribution < -0.4 is 14.8 Å². The van der Waals surface area contributed by atoms with Crippen molar-refractivity contribution in [2.75, 3.05) is 40.0 Å². The normalized spacial score (nSPS) is 25.9. The van der Waals surface area contributed by atoms with Gasteiger partial charge in [-0.3, -0.25) is 14.5 Å². The van der Waals surface area contributed by atoms with E-state index in [-0.39, 0.29) is 24.1 Å². The molecule has 1 atom stereocenters. The fourth-order valence-electron chi connectivity index (χ4n) is 4.15. The highest BCUT2D eigenvalue weighted by molar-refractivity contribution is 5.79. The smallest absolute Gasteiger partial charge is 0.231 e. The maximum absolute atomic E-state index is 12.9. The molecule has 3 heterocycles. The van der Waals surface area contributed by atoms with Gasteiger partial charge in [-0.05, 0) is 37.6 Å². The number of nitrogens with zero attached hydrogens (tertiary/aromatic N) is 2. The van der Waals surface area contributed by atoms with Gasteiger partial charge in [-0.25, -0.2) is 0 Å². The molecule has 26 heavy (non-hydrogen) atoms. The van der Waals surface area contributed by atoms with E-state index in [9.17, 15) is 9.59 Å². The Morgan fingerprint density at radius 1 is 1.23 bits per heavy atom. The summed E-state index contributed by atoms with van der Waals surface area (Å²) < 4.78 is 10.7. The van der Waals surface area contributed by atoms with Crippen molar-refractivity contribution in [3.05, 3.63) is 23.8 Å². The van der Waals surface area contributed by atoms with E-state index in [0.29, 0.717) is 31.7 Å². The molecule has 0 radical (unpaired) electrons. The first-order chi connectivity index (χ1) is 12.6. The highest BCUT2D eigenvalue weighted by atomic mass is 16.7. The van der Waals surface area contributed by atoms with Crippen molar-refractivity contribution in [2.45, 2.75) is 31.2 Å². The molecular weight excluding hydrogens is 334 g/mol. The van der Waals surface area contributed by atoms with E-state index in [1.807, 2.05) is 23.1 Å². The number of fused-ring (bicyclic) bond motifs is 1. The number of hydrogen-bond acceptors (Lipinski definition) is 5. The van der Waals surface area contributed by atoms with Gasteiger partial charge in [-0.1, -0.05) is 6.07 Å². The van der Waals surface area contributed by atoms with Crippen molar-refractivity contribution in [1.29, 1.82) is 0 Å². The number of ether oxygens (including phenoxy) is 2. The van der Waals surface area contributed by atoms with E-state index in [2.05, 4.69) is 17.3 Å². The van der Waals surface area contributed by atoms with Crippen LogP contribution >= 0.6 is 0 Å². The van der Waals surface area contributed by atoms with Crippen molar-refractivity contribution >= 4 is 11.8 Å². The number of likely N-dealkylation sites (N-methyl/N-ethyl adjacent to an activating group) is 1. The summed E-state index contributed by atoms with van der Waals surface area (Å²) in [5, 5.41) is 2.95. The minimum Gasteiger partial charge on any atom is -0.454 e. The fourth-order valence-corrected chi connectivity index (χ4v) is 4.15. The molecule has 2 amide bonds. The quantitative estimate of drug-likeness (QED) is 0.845. The molecule has 2 fully saturated rings. The molecule has 1 N–H and O–H groups in total. The Labute approximate surface area is 153 Å². The van der Waals surface area contributed by atoms with Crippen LogP contribution in [0, 0.1) is 0 Å². The van der Waals surface area contributed by atoms with Crippen LogP contribution in [0.25, 0.3) is 0 Å². The standard InChI is InChI=1S/C19H25N3O4/c1-21-8-9-22(12-19(21)5-4-17(23)20-7-6-19)18(24)11-14-2-3-15-16(10-14)26-13-25-15/h2-3,10H,4-9,11-13H2,1H3,(H,20,23)/t19-/m0/s1. The Bertz CT molecular complexity index is 723. The summed E-state index contributed by atoms with van der Waals surface area (Å²) in [6.07, 6.45) is 2.55. The van der Waals surface area contributed by atoms with Crippen LogP contribution in [-0.2, 0) is 16.0 Å². The van der Waals surface area contributed by atoms with E-state index >= 15 is 0 Å². The molecule has 0 unspecified atom stereocenters. The third-order valence-corrected chi connectivity index (χ3v) is 5.88. The third kappa shape index (κ3) is 3.23. The predicted molar refractivity (Wildman–Crippen MR) is 95.1 cm³/mol. The second-order valence-electron chi connectivity index (χ2n) is 7.43. The Morgan fingerprint density at radius 3 is 2.96 bits per heavy atom. The number of piperazine rings is 1. The van der Waals surface area contributed by atoms with Gasteiger partial charge in [0.15, 0.2) is 11.5 Å². The second-order valence-corrected chi connectivity index (χ2v) is 7.43. The molecule has 3 aliphatic rings. The topological polar surface area (TPSA) is 71.1 Å². The summed E-state index contributed by atoms with van der Waals surface area (Å²) in [5.41, 5.74) is 0.826. The lowest BCUT2D eigenvalue weighted by molar-refractivity contribution is -0.136. The number of carbonyl (C=O) groups is 2. The van der Waals surface area contributed by atoms with Crippen molar-refractivity contribution < 1.29 is 19.1 Å². The van der Waals surface area contributed by atoms with Crippen LogP contribution in [0.15, 0.2) is 18.2 Å². The summed E-state index contributed by atoms with van der Waals surface area (Å²) in [6, 6.07) is 5.67. The molecule has 1 spiro atoms. The molecule has 3 aliphatic heterocycles. The first kappa shape index (κ1) is 17.1. The highest BCUT2D eigenvalue weighted by Gasteiger charge is 2.42. The Morgan fingerprint density at radius 2 is 2.08 bits per heavy atom. The molecule has 1 aromatic carbocycles. The van der Waals surface area contributed by atoms with Crippen LogP contribution in [0.4, 0.5) is 0 Å². The minimum absolute atomic E-state index is 0.109. The van der Waals surface area contributed by atoms with Gasteiger partial charge in [0.05, 0.1) is 6.42 Å². The third-order valence-electron chi connectivity index (χ3n) is 5.88. The summed E-state index contributed by atoms with van der Waals surface area (Å²) in [7, 11) is 2.11. The number of benzene rings is 1. The Balaban J connectivity index is 1.45. The number of carbonyl (C=O) groups excluding carboxylic acids is 2. The van der Waals surface area contributed by atoms with Crippen molar-refractivity contribution in [2.24, 2.45) is 0 Å². The maximum atomic E-state index is 12.9. The monoisotopic (exact) mass is 359 g/mol. The van der Waals surface area contributed by atoms with Crippen LogP contribution in [0.3, 0.4) is 0 Å². The fraction of sp³-hybridized carbons (Fsp3) is 0.579. The van der Waals surface area contributed by atoms with Crippen LogP contribution in [-0.4, -0.2) is 67.2 Å². The zero-order valence-corrected chi connectivity index (χ0v) is 15.1. The van der Waals surface area contributed by atoms with Gasteiger partial charge in [0.25, 0.3) is 0 Å². The Hall–Kier alpha value is -2.28. The molecule has 140 valence electrons. The molecule has 7 nitrogen and oxygen atoms in total. The molecule has 0 aromatic heterocycles. The van der Waals surface area contributed by atoms with Gasteiger partial charge in [0.2, 0.25) is 18.6 Å². The lowest BCUT2D eigenvalue weighted by Gasteiger charge is -2.49. The van der Waals surface area contributed by atoms with Crippen LogP contribution in [0.1, 0.15) is 24.8 Å². The summed E-state index contributed by atoms with van der Waals surface area (Å²) >= 11 is 0. The SMILES string of the molecule is CN1CCN(C(=O)Cc2ccc3c(c2)OCO3)C[C@]12CCNC(=O)CC2. The van der Waals surface area contributed by atoms with Crippen LogP contribution in [0.5, 0.6) is 11.5 Å². The molecule has 1 aromatic rings. The zero-order valence-electron chi connectivity index (χ0n) is 15.1. The van der Waals surface area contributed by atoms with E-state index in [0.717, 1.165) is 37.2 Å². The second kappa shape index (κ2) is 6.79. The molecule has 2 saturated heterocycles. The molecule has 4 rings (SSSR count). The first-order valence-electron chi connectivity index (χ1n) is 9.20. The highest BCUT2D eigenvalue weighted by Crippen LogP contribution is 2.33. The maximum Gasteiger partial charge on any atom is 0.231 e. The average molecular weight is 359 g/mol. The molecule has 7 heteroatoms. The number of amides is 2. The molecule has 0 saturated carbocycles.